The first kappa shape index (κ1) is 50.6. The maximum Gasteiger partial charge on any atom is 0.477 e. The number of hydrogen-bond donors (Lipinski definition) is 0. The van der Waals surface area contributed by atoms with Crippen LogP contribution < -0.4 is 4.90 Å². The SMILES string of the molecule is C[C@H]1CN2c3c(cc(-c4cnccn4)c(F)c3F)CC3(C(=O)N(COP(=O)(OCc4ccccc4)OCc4ccccc4)C(=O)N(COP(=O)(OCc4ccccc4)OCc4ccccc4)C3=O)[C@@H]2[C@@H](C)O1. The van der Waals surface area contributed by atoms with Crippen LogP contribution in [0.25, 0.3) is 11.3 Å². The second-order valence-corrected chi connectivity index (χ2v) is 20.6. The number of carbonyl (C=O) groups excluding carboxylic acids is 3. The maximum atomic E-state index is 16.8. The number of barbiturate groups is 1. The third-order valence-corrected chi connectivity index (χ3v) is 15.0. The van der Waals surface area contributed by atoms with Crippen molar-refractivity contribution in [2.24, 2.45) is 5.41 Å². The number of benzene rings is 5. The molecule has 0 N–H and O–H groups in total. The Morgan fingerprint density at radius 3 is 1.50 bits per heavy atom. The van der Waals surface area contributed by atoms with Gasteiger partial charge in [0.25, 0.3) is 11.8 Å². The van der Waals surface area contributed by atoms with E-state index in [1.165, 1.54) is 29.6 Å². The molecule has 17 nitrogen and oxygen atoms in total. The van der Waals surface area contributed by atoms with Crippen LogP contribution in [-0.2, 0) is 83.4 Å². The molecule has 3 aliphatic rings. The van der Waals surface area contributed by atoms with E-state index in [1.807, 2.05) is 0 Å². The van der Waals surface area contributed by atoms with Crippen molar-refractivity contribution in [2.45, 2.75) is 64.9 Å². The van der Waals surface area contributed by atoms with Crippen LogP contribution in [0.2, 0.25) is 0 Å². The van der Waals surface area contributed by atoms with Gasteiger partial charge in [-0.05, 0) is 47.7 Å². The van der Waals surface area contributed by atoms with Crippen LogP contribution in [0.15, 0.2) is 146 Å². The lowest BCUT2D eigenvalue weighted by Crippen LogP contribution is -2.76. The quantitative estimate of drug-likeness (QED) is 0.0551. The standard InChI is InChI=1S/C51H49F2N5O12P2/c1-35-28-56-46-41(25-42(44(52)45(46)53)43-27-54-23-24-55-43)26-51(47(56)36(2)70-35)48(59)57(33-68-71(62,64-29-37-15-7-3-8-16-37)65-30-38-17-9-4-10-18-38)50(61)58(49(51)60)34-69-72(63,66-31-39-19-11-5-12-20-39)67-32-40-21-13-6-14-22-40/h3-25,27,35-36,47H,26,28-34H2,1-2H3/t35-,36+,47-/m0/s1. The molecule has 9 rings (SSSR count). The summed E-state index contributed by atoms with van der Waals surface area (Å²) in [6.45, 7) is -0.287. The summed E-state index contributed by atoms with van der Waals surface area (Å²) in [4.78, 5) is 56.9. The van der Waals surface area contributed by atoms with Gasteiger partial charge in [-0.15, -0.1) is 0 Å². The summed E-state index contributed by atoms with van der Waals surface area (Å²) in [7, 11) is -9.47. The van der Waals surface area contributed by atoms with E-state index < -0.39 is 88.7 Å². The number of hydrogen-bond acceptors (Lipinski definition) is 15. The monoisotopic (exact) mass is 1020 g/mol. The van der Waals surface area contributed by atoms with Crippen LogP contribution in [0, 0.1) is 17.0 Å². The number of ether oxygens (including phenoxy) is 1. The van der Waals surface area contributed by atoms with Crippen molar-refractivity contribution in [3.05, 3.63) is 185 Å². The number of nitrogens with zero attached hydrogens (tertiary/aromatic N) is 5. The molecule has 72 heavy (non-hydrogen) atoms. The first-order valence-electron chi connectivity index (χ1n) is 22.9. The van der Waals surface area contributed by atoms with Gasteiger partial charge in [0, 0.05) is 30.9 Å². The highest BCUT2D eigenvalue weighted by Crippen LogP contribution is 2.55. The summed E-state index contributed by atoms with van der Waals surface area (Å²) < 4.78 is 104. The second kappa shape index (κ2) is 21.8. The van der Waals surface area contributed by atoms with E-state index in [0.717, 1.165) is 0 Å². The molecule has 1 spiro atoms. The van der Waals surface area contributed by atoms with Gasteiger partial charge >= 0.3 is 21.7 Å². The van der Waals surface area contributed by atoms with Crippen LogP contribution in [0.3, 0.4) is 0 Å². The Hall–Kier alpha value is -6.37. The predicted octanol–water partition coefficient (Wildman–Crippen LogP) is 9.77. The van der Waals surface area contributed by atoms with Crippen molar-refractivity contribution >= 4 is 39.2 Å². The van der Waals surface area contributed by atoms with Crippen molar-refractivity contribution in [3.8, 4) is 11.3 Å². The number of aromatic nitrogens is 2. The Balaban J connectivity index is 1.12. The lowest BCUT2D eigenvalue weighted by molar-refractivity contribution is -0.172. The number of urea groups is 1. The zero-order valence-electron chi connectivity index (χ0n) is 39.0. The number of halogens is 2. The second-order valence-electron chi connectivity index (χ2n) is 17.2. The minimum atomic E-state index is -4.73. The van der Waals surface area contributed by atoms with Gasteiger partial charge in [-0.2, -0.15) is 0 Å². The molecule has 4 amide bonds. The molecule has 2 saturated heterocycles. The van der Waals surface area contributed by atoms with Gasteiger partial charge in [0.2, 0.25) is 0 Å². The van der Waals surface area contributed by atoms with Gasteiger partial charge in [-0.3, -0.25) is 46.7 Å². The number of phosphoric acid groups is 2. The highest BCUT2D eigenvalue weighted by Gasteiger charge is 2.67. The summed E-state index contributed by atoms with van der Waals surface area (Å²) in [5.74, 6) is -4.88. The number of imide groups is 2. The van der Waals surface area contributed by atoms with Gasteiger partial charge in [0.15, 0.2) is 17.0 Å². The molecule has 2 fully saturated rings. The largest absolute Gasteiger partial charge is 0.477 e. The van der Waals surface area contributed by atoms with Crippen molar-refractivity contribution in [3.63, 3.8) is 0 Å². The fourth-order valence-corrected chi connectivity index (χ4v) is 11.3. The Kier molecular flexibility index (Phi) is 15.3. The number of amides is 4. The van der Waals surface area contributed by atoms with Gasteiger partial charge in [0.1, 0.15) is 13.5 Å². The average Bonchev–Trinajstić information content (AvgIpc) is 3.40. The molecule has 0 aliphatic carbocycles. The zero-order chi connectivity index (χ0) is 50.5. The minimum absolute atomic E-state index is 0.00369. The minimum Gasteiger partial charge on any atom is -0.372 e. The van der Waals surface area contributed by atoms with Crippen molar-refractivity contribution in [2.75, 3.05) is 24.9 Å². The fraction of sp³-hybridized carbons (Fsp3) is 0.275. The van der Waals surface area contributed by atoms with Gasteiger partial charge in [-0.25, -0.2) is 32.5 Å². The predicted molar refractivity (Wildman–Crippen MR) is 256 cm³/mol. The lowest BCUT2D eigenvalue weighted by atomic mass is 9.65. The van der Waals surface area contributed by atoms with Gasteiger partial charge < -0.3 is 9.64 Å². The van der Waals surface area contributed by atoms with E-state index in [0.29, 0.717) is 32.1 Å². The maximum absolute atomic E-state index is 16.8. The number of phosphoric ester groups is 2. The summed E-state index contributed by atoms with van der Waals surface area (Å²) >= 11 is 0. The summed E-state index contributed by atoms with van der Waals surface area (Å²) in [5.41, 5.74) is -0.683. The number of fused-ring (bicyclic) bond motifs is 4. The van der Waals surface area contributed by atoms with Crippen molar-refractivity contribution < 1.29 is 64.2 Å². The van der Waals surface area contributed by atoms with Crippen LogP contribution in [0.5, 0.6) is 0 Å². The molecule has 4 heterocycles. The van der Waals surface area contributed by atoms with Crippen LogP contribution in [0.1, 0.15) is 41.7 Å². The Labute approximate surface area is 413 Å². The number of anilines is 1. The molecule has 21 heteroatoms. The van der Waals surface area contributed by atoms with E-state index >= 15 is 18.4 Å². The molecular weight excluding hydrogens is 975 g/mol. The number of carbonyl (C=O) groups is 3. The van der Waals surface area contributed by atoms with Crippen LogP contribution >= 0.6 is 15.6 Å². The molecular formula is C51H49F2N5O12P2. The molecule has 6 aromatic rings. The molecule has 3 atom stereocenters. The molecule has 0 bridgehead atoms. The van der Waals surface area contributed by atoms with Crippen LogP contribution in [-0.4, -0.2) is 75.9 Å². The molecule has 3 aliphatic heterocycles. The summed E-state index contributed by atoms with van der Waals surface area (Å²) in [6, 6.07) is 33.2. The van der Waals surface area contributed by atoms with Crippen LogP contribution in [0.4, 0.5) is 19.3 Å². The molecule has 0 saturated carbocycles. The summed E-state index contributed by atoms with van der Waals surface area (Å²) in [6.07, 6.45) is 1.52. The van der Waals surface area contributed by atoms with E-state index in [2.05, 4.69) is 9.97 Å². The van der Waals surface area contributed by atoms with E-state index in [4.69, 9.17) is 31.9 Å². The topological polar surface area (TPSA) is 185 Å². The zero-order valence-corrected chi connectivity index (χ0v) is 40.8. The molecule has 5 aromatic carbocycles. The van der Waals surface area contributed by atoms with Gasteiger partial charge in [0.05, 0.1) is 62.3 Å². The van der Waals surface area contributed by atoms with Gasteiger partial charge in [-0.1, -0.05) is 121 Å². The van der Waals surface area contributed by atoms with E-state index in [9.17, 15) is 13.9 Å². The summed E-state index contributed by atoms with van der Waals surface area (Å²) in [5, 5.41) is 0. The average molecular weight is 1020 g/mol. The smallest absolute Gasteiger partial charge is 0.372 e. The van der Waals surface area contributed by atoms with Crippen molar-refractivity contribution in [1.29, 1.82) is 0 Å². The number of morpholine rings is 1. The molecule has 1 aromatic heterocycles. The van der Waals surface area contributed by atoms with E-state index in [-0.39, 0.29) is 55.5 Å². The molecule has 0 radical (unpaired) electrons. The molecule has 0 unspecified atom stereocenters. The van der Waals surface area contributed by atoms with Crippen molar-refractivity contribution in [1.82, 2.24) is 19.8 Å². The normalized spacial score (nSPS) is 18.9. The third kappa shape index (κ3) is 10.7. The Morgan fingerprint density at radius 2 is 1.08 bits per heavy atom. The molecule has 374 valence electrons. The Morgan fingerprint density at radius 1 is 0.639 bits per heavy atom. The third-order valence-electron chi connectivity index (χ3n) is 12.4. The highest BCUT2D eigenvalue weighted by atomic mass is 31.2. The Bertz CT molecular complexity index is 2760. The first-order valence-corrected chi connectivity index (χ1v) is 25.8. The number of rotatable bonds is 19. The fourth-order valence-electron chi connectivity index (χ4n) is 9.09. The highest BCUT2D eigenvalue weighted by molar-refractivity contribution is 7.48. The lowest BCUT2D eigenvalue weighted by Gasteiger charge is -2.57. The van der Waals surface area contributed by atoms with E-state index in [1.54, 1.807) is 135 Å². The first-order chi connectivity index (χ1) is 34.8.